The molecule has 0 aliphatic rings. The molecule has 2 rings (SSSR count). The quantitative estimate of drug-likeness (QED) is 0.852. The first-order valence-corrected chi connectivity index (χ1v) is 7.39. The second kappa shape index (κ2) is 5.46. The van der Waals surface area contributed by atoms with Crippen molar-refractivity contribution in [1.29, 1.82) is 0 Å². The van der Waals surface area contributed by atoms with Crippen LogP contribution in [0.15, 0.2) is 24.3 Å². The van der Waals surface area contributed by atoms with Crippen LogP contribution in [0.1, 0.15) is 27.2 Å². The van der Waals surface area contributed by atoms with Gasteiger partial charge in [0.1, 0.15) is 0 Å². The molecule has 0 saturated carbocycles. The van der Waals surface area contributed by atoms with Crippen LogP contribution < -0.4 is 5.73 Å². The Morgan fingerprint density at radius 1 is 1.29 bits per heavy atom. The molecule has 1 aromatic carbocycles. The van der Waals surface area contributed by atoms with E-state index >= 15 is 0 Å². The number of halogens is 1. The Hall–Kier alpha value is -0.460. The zero-order valence-corrected chi connectivity index (χ0v) is 12.9. The molecular weight excluding hydrogens is 343 g/mol. The van der Waals surface area contributed by atoms with Crippen molar-refractivity contribution in [2.24, 2.45) is 5.73 Å². The topological polar surface area (TPSA) is 38.9 Å². The Morgan fingerprint density at radius 2 is 1.94 bits per heavy atom. The fraction of sp³-hybridized carbons (Fsp3) is 0.308. The van der Waals surface area contributed by atoms with E-state index in [-0.39, 0.29) is 6.04 Å². The molecule has 2 aromatic rings. The van der Waals surface area contributed by atoms with Crippen LogP contribution in [0.5, 0.6) is 0 Å². The molecule has 1 heterocycles. The summed E-state index contributed by atoms with van der Waals surface area (Å²) >= 11 is 4.02. The first-order chi connectivity index (χ1) is 8.06. The summed E-state index contributed by atoms with van der Waals surface area (Å²) in [6, 6.07) is 8.58. The van der Waals surface area contributed by atoms with E-state index in [9.17, 15) is 0 Å². The maximum atomic E-state index is 6.25. The van der Waals surface area contributed by atoms with Gasteiger partial charge in [-0.1, -0.05) is 12.1 Å². The number of thiazole rings is 1. The van der Waals surface area contributed by atoms with Gasteiger partial charge in [0.05, 0.1) is 10.7 Å². The number of benzene rings is 1. The third-order valence-electron chi connectivity index (χ3n) is 2.65. The van der Waals surface area contributed by atoms with Gasteiger partial charge in [0.25, 0.3) is 0 Å². The van der Waals surface area contributed by atoms with Crippen molar-refractivity contribution < 1.29 is 0 Å². The Kier molecular flexibility index (Phi) is 4.17. The van der Waals surface area contributed by atoms with Crippen LogP contribution in [0.4, 0.5) is 0 Å². The number of rotatable bonds is 3. The van der Waals surface area contributed by atoms with Gasteiger partial charge in [-0.3, -0.25) is 0 Å². The Morgan fingerprint density at radius 3 is 2.47 bits per heavy atom. The molecule has 0 bridgehead atoms. The molecule has 1 atom stereocenters. The molecule has 0 saturated heterocycles. The number of aromatic nitrogens is 1. The number of aryl methyl sites for hydroxylation is 2. The molecule has 0 amide bonds. The molecule has 1 unspecified atom stereocenters. The Labute approximate surface area is 119 Å². The molecule has 1 aromatic heterocycles. The fourth-order valence-electron chi connectivity index (χ4n) is 1.86. The van der Waals surface area contributed by atoms with Gasteiger partial charge < -0.3 is 5.73 Å². The molecule has 0 aliphatic carbocycles. The smallest absolute Gasteiger partial charge is 0.0900 e. The lowest BCUT2D eigenvalue weighted by Gasteiger charge is -2.10. The summed E-state index contributed by atoms with van der Waals surface area (Å²) in [6.07, 6.45) is 0.874. The highest BCUT2D eigenvalue weighted by Gasteiger charge is 2.13. The van der Waals surface area contributed by atoms with Crippen LogP contribution in [0.2, 0.25) is 0 Å². The number of hydrogen-bond donors (Lipinski definition) is 1. The van der Waals surface area contributed by atoms with Gasteiger partial charge in [-0.2, -0.15) is 0 Å². The summed E-state index contributed by atoms with van der Waals surface area (Å²) in [7, 11) is 0. The summed E-state index contributed by atoms with van der Waals surface area (Å²) in [5, 5.41) is 1.09. The minimum absolute atomic E-state index is 0.0567. The maximum absolute atomic E-state index is 6.25. The highest BCUT2D eigenvalue weighted by molar-refractivity contribution is 14.1. The third-order valence-corrected chi connectivity index (χ3v) is 4.57. The lowest BCUT2D eigenvalue weighted by Crippen LogP contribution is -2.13. The van der Waals surface area contributed by atoms with Crippen molar-refractivity contribution in [3.05, 3.63) is 49.0 Å². The summed E-state index contributed by atoms with van der Waals surface area (Å²) in [4.78, 5) is 5.63. The number of hydrogen-bond acceptors (Lipinski definition) is 3. The van der Waals surface area contributed by atoms with E-state index in [0.717, 1.165) is 17.1 Å². The van der Waals surface area contributed by atoms with Crippen molar-refractivity contribution in [3.8, 4) is 0 Å². The molecule has 0 radical (unpaired) electrons. The molecule has 17 heavy (non-hydrogen) atoms. The zero-order chi connectivity index (χ0) is 12.4. The van der Waals surface area contributed by atoms with E-state index in [2.05, 4.69) is 51.8 Å². The number of nitrogens with zero attached hydrogens (tertiary/aromatic N) is 1. The van der Waals surface area contributed by atoms with Gasteiger partial charge in [0, 0.05) is 14.5 Å². The maximum Gasteiger partial charge on any atom is 0.0900 e. The van der Waals surface area contributed by atoms with E-state index < -0.39 is 0 Å². The minimum atomic E-state index is 0.0567. The fourth-order valence-corrected chi connectivity index (χ4v) is 3.15. The predicted molar refractivity (Wildman–Crippen MR) is 81.4 cm³/mol. The van der Waals surface area contributed by atoms with Crippen molar-refractivity contribution in [1.82, 2.24) is 4.98 Å². The number of nitrogens with two attached hydrogens (primary N) is 1. The van der Waals surface area contributed by atoms with Crippen LogP contribution in [-0.4, -0.2) is 4.98 Å². The summed E-state index contributed by atoms with van der Waals surface area (Å²) in [5.41, 5.74) is 8.60. The SMILES string of the molecule is Cc1nc(C)c(C(N)Cc2ccc(I)cc2)s1. The van der Waals surface area contributed by atoms with Gasteiger partial charge in [-0.05, 0) is 60.6 Å². The largest absolute Gasteiger partial charge is 0.323 e. The second-order valence-electron chi connectivity index (χ2n) is 4.12. The average molecular weight is 358 g/mol. The van der Waals surface area contributed by atoms with Crippen LogP contribution in [0, 0.1) is 17.4 Å². The van der Waals surface area contributed by atoms with Crippen molar-refractivity contribution >= 4 is 33.9 Å². The molecular formula is C13H15IN2S. The Bertz CT molecular complexity index is 505. The summed E-state index contributed by atoms with van der Waals surface area (Å²) in [6.45, 7) is 4.06. The van der Waals surface area contributed by atoms with E-state index in [1.54, 1.807) is 11.3 Å². The van der Waals surface area contributed by atoms with E-state index in [0.29, 0.717) is 0 Å². The summed E-state index contributed by atoms with van der Waals surface area (Å²) in [5.74, 6) is 0. The van der Waals surface area contributed by atoms with Crippen molar-refractivity contribution in [3.63, 3.8) is 0 Å². The molecule has 0 spiro atoms. The lowest BCUT2D eigenvalue weighted by molar-refractivity contribution is 0.728. The van der Waals surface area contributed by atoms with Gasteiger partial charge in [-0.15, -0.1) is 11.3 Å². The molecule has 4 heteroatoms. The van der Waals surface area contributed by atoms with Crippen molar-refractivity contribution in [2.75, 3.05) is 0 Å². The first-order valence-electron chi connectivity index (χ1n) is 5.50. The lowest BCUT2D eigenvalue weighted by atomic mass is 10.0. The van der Waals surface area contributed by atoms with Crippen LogP contribution in [-0.2, 0) is 6.42 Å². The molecule has 2 N–H and O–H groups in total. The highest BCUT2D eigenvalue weighted by Crippen LogP contribution is 2.25. The van der Waals surface area contributed by atoms with Gasteiger partial charge in [0.15, 0.2) is 0 Å². The molecule has 90 valence electrons. The van der Waals surface area contributed by atoms with Crippen molar-refractivity contribution in [2.45, 2.75) is 26.3 Å². The predicted octanol–water partition coefficient (Wildman–Crippen LogP) is 3.61. The monoisotopic (exact) mass is 358 g/mol. The average Bonchev–Trinajstić information content (AvgIpc) is 2.61. The standard InChI is InChI=1S/C13H15IN2S/c1-8-13(17-9(2)16-8)12(15)7-10-3-5-11(14)6-4-10/h3-6,12H,7,15H2,1-2H3. The molecule has 0 fully saturated rings. The van der Waals surface area contributed by atoms with Crippen LogP contribution in [0.25, 0.3) is 0 Å². The van der Waals surface area contributed by atoms with E-state index in [4.69, 9.17) is 5.73 Å². The Balaban J connectivity index is 2.14. The molecule has 0 aliphatic heterocycles. The van der Waals surface area contributed by atoms with Gasteiger partial charge in [-0.25, -0.2) is 4.98 Å². The van der Waals surface area contributed by atoms with Crippen LogP contribution in [0.3, 0.4) is 0 Å². The van der Waals surface area contributed by atoms with Gasteiger partial charge in [0.2, 0.25) is 0 Å². The summed E-state index contributed by atoms with van der Waals surface area (Å²) < 4.78 is 1.25. The van der Waals surface area contributed by atoms with E-state index in [1.807, 2.05) is 13.8 Å². The third kappa shape index (κ3) is 3.26. The highest BCUT2D eigenvalue weighted by atomic mass is 127. The zero-order valence-electron chi connectivity index (χ0n) is 9.90. The minimum Gasteiger partial charge on any atom is -0.323 e. The normalized spacial score (nSPS) is 12.7. The second-order valence-corrected chi connectivity index (χ2v) is 6.60. The van der Waals surface area contributed by atoms with Gasteiger partial charge >= 0.3 is 0 Å². The van der Waals surface area contributed by atoms with Crippen LogP contribution >= 0.6 is 33.9 Å². The first kappa shape index (κ1) is 13.0. The van der Waals surface area contributed by atoms with E-state index in [1.165, 1.54) is 14.0 Å². The molecule has 2 nitrogen and oxygen atoms in total.